The third kappa shape index (κ3) is 15.3. The maximum Gasteiger partial charge on any atom is 0.330 e. The Balaban J connectivity index is 0. The molecule has 4 nitrogen and oxygen atoms in total. The molecule has 140 valence electrons. The monoisotopic (exact) mass is 340 g/mol. The fourth-order valence-corrected chi connectivity index (χ4v) is 2.25. The maximum absolute atomic E-state index is 10.5. The molecule has 2 N–H and O–H groups in total. The fraction of sp³-hybridized carbons (Fsp3) is 0.700. The van der Waals surface area contributed by atoms with E-state index in [0.29, 0.717) is 29.9 Å². The standard InChI is InChI=1S/C11H20O2.C9H16O2/c1-4-6-7-10(5-2)8-9(3)11(12)13;1-3-4-5-6-7-8(2)9(10)11/h10H,3-8H2,1-2H3,(H,12,13);2-7H2,1H3,(H,10,11). The number of carbonyl (C=O) groups is 2. The molecule has 0 bridgehead atoms. The van der Waals surface area contributed by atoms with E-state index < -0.39 is 11.9 Å². The SMILES string of the molecule is C=C(CC(CC)CCCC)C(=O)O.C=C(CCCCCC)C(=O)O. The lowest BCUT2D eigenvalue weighted by Gasteiger charge is -2.13. The normalized spacial score (nSPS) is 11.1. The predicted molar refractivity (Wildman–Crippen MR) is 100 cm³/mol. The van der Waals surface area contributed by atoms with Crippen LogP contribution in [0.3, 0.4) is 0 Å². The van der Waals surface area contributed by atoms with Crippen LogP contribution in [-0.2, 0) is 9.59 Å². The summed E-state index contributed by atoms with van der Waals surface area (Å²) in [7, 11) is 0. The quantitative estimate of drug-likeness (QED) is 0.327. The number of unbranched alkanes of at least 4 members (excludes halogenated alkanes) is 4. The summed E-state index contributed by atoms with van der Waals surface area (Å²) >= 11 is 0. The van der Waals surface area contributed by atoms with Crippen molar-refractivity contribution in [2.45, 2.75) is 85.0 Å². The van der Waals surface area contributed by atoms with Crippen LogP contribution in [0.25, 0.3) is 0 Å². The molecule has 0 heterocycles. The summed E-state index contributed by atoms with van der Waals surface area (Å²) in [6.45, 7) is 13.4. The highest BCUT2D eigenvalue weighted by molar-refractivity contribution is 5.86. The highest BCUT2D eigenvalue weighted by atomic mass is 16.4. The third-order valence-corrected chi connectivity index (χ3v) is 4.02. The fourth-order valence-electron chi connectivity index (χ4n) is 2.25. The van der Waals surface area contributed by atoms with Crippen LogP contribution < -0.4 is 0 Å². The van der Waals surface area contributed by atoms with E-state index in [1.54, 1.807) is 0 Å². The molecule has 0 aliphatic carbocycles. The van der Waals surface area contributed by atoms with Crippen LogP contribution in [0.5, 0.6) is 0 Å². The average molecular weight is 341 g/mol. The predicted octanol–water partition coefficient (Wildman–Crippen LogP) is 5.83. The first-order valence-electron chi connectivity index (χ1n) is 9.12. The van der Waals surface area contributed by atoms with Gasteiger partial charge in [0, 0.05) is 11.1 Å². The number of hydrogen-bond donors (Lipinski definition) is 2. The van der Waals surface area contributed by atoms with Gasteiger partial charge in [-0.2, -0.15) is 0 Å². The Morgan fingerprint density at radius 2 is 1.38 bits per heavy atom. The van der Waals surface area contributed by atoms with Crippen molar-refractivity contribution in [3.8, 4) is 0 Å². The molecule has 4 heteroatoms. The Morgan fingerprint density at radius 1 is 0.833 bits per heavy atom. The number of carboxylic acid groups (broad SMARTS) is 2. The molecular formula is C20H36O4. The van der Waals surface area contributed by atoms with Gasteiger partial charge in [-0.1, -0.05) is 78.9 Å². The number of hydrogen-bond acceptors (Lipinski definition) is 2. The van der Waals surface area contributed by atoms with Gasteiger partial charge in [0.1, 0.15) is 0 Å². The average Bonchev–Trinajstić information content (AvgIpc) is 2.55. The summed E-state index contributed by atoms with van der Waals surface area (Å²) < 4.78 is 0. The summed E-state index contributed by atoms with van der Waals surface area (Å²) in [5.41, 5.74) is 0.684. The minimum atomic E-state index is -0.860. The van der Waals surface area contributed by atoms with Gasteiger partial charge in [-0.25, -0.2) is 9.59 Å². The molecule has 0 fully saturated rings. The van der Waals surface area contributed by atoms with E-state index in [1.165, 1.54) is 25.7 Å². The van der Waals surface area contributed by atoms with E-state index in [9.17, 15) is 9.59 Å². The maximum atomic E-state index is 10.5. The third-order valence-electron chi connectivity index (χ3n) is 4.02. The van der Waals surface area contributed by atoms with Crippen molar-refractivity contribution >= 4 is 11.9 Å². The Hall–Kier alpha value is -1.58. The lowest BCUT2D eigenvalue weighted by molar-refractivity contribution is -0.133. The van der Waals surface area contributed by atoms with Gasteiger partial charge in [0.2, 0.25) is 0 Å². The lowest BCUT2D eigenvalue weighted by atomic mass is 9.92. The topological polar surface area (TPSA) is 74.6 Å². The molecule has 0 radical (unpaired) electrons. The van der Waals surface area contributed by atoms with E-state index in [4.69, 9.17) is 10.2 Å². The number of carboxylic acids is 2. The van der Waals surface area contributed by atoms with Gasteiger partial charge in [0.15, 0.2) is 0 Å². The molecule has 0 rings (SSSR count). The molecule has 0 aliphatic heterocycles. The molecule has 0 aliphatic rings. The second kappa shape index (κ2) is 16.3. The summed E-state index contributed by atoms with van der Waals surface area (Å²) in [6, 6.07) is 0. The zero-order valence-corrected chi connectivity index (χ0v) is 15.8. The van der Waals surface area contributed by atoms with Gasteiger partial charge in [0.25, 0.3) is 0 Å². The van der Waals surface area contributed by atoms with Crippen LogP contribution >= 0.6 is 0 Å². The van der Waals surface area contributed by atoms with Crippen molar-refractivity contribution in [1.29, 1.82) is 0 Å². The second-order valence-corrected chi connectivity index (χ2v) is 6.25. The Bertz CT molecular complexity index is 385. The Morgan fingerprint density at radius 3 is 1.79 bits per heavy atom. The van der Waals surface area contributed by atoms with Crippen molar-refractivity contribution in [3.05, 3.63) is 24.3 Å². The smallest absolute Gasteiger partial charge is 0.330 e. The van der Waals surface area contributed by atoms with Gasteiger partial charge in [-0.15, -0.1) is 0 Å². The number of aliphatic carboxylic acids is 2. The molecule has 0 aromatic heterocycles. The molecule has 1 unspecified atom stereocenters. The van der Waals surface area contributed by atoms with Crippen LogP contribution in [0.15, 0.2) is 24.3 Å². The molecule has 24 heavy (non-hydrogen) atoms. The zero-order chi connectivity index (χ0) is 19.0. The Kier molecular flexibility index (Phi) is 16.7. The van der Waals surface area contributed by atoms with Crippen molar-refractivity contribution in [2.75, 3.05) is 0 Å². The number of rotatable bonds is 13. The van der Waals surface area contributed by atoms with E-state index in [2.05, 4.69) is 33.9 Å². The van der Waals surface area contributed by atoms with E-state index in [-0.39, 0.29) is 0 Å². The van der Waals surface area contributed by atoms with Gasteiger partial charge < -0.3 is 10.2 Å². The first-order chi connectivity index (χ1) is 11.3. The summed E-state index contributed by atoms with van der Waals surface area (Å²) in [5, 5.41) is 17.1. The van der Waals surface area contributed by atoms with E-state index in [1.807, 2.05) is 0 Å². The summed E-state index contributed by atoms with van der Waals surface area (Å²) in [4.78, 5) is 20.8. The van der Waals surface area contributed by atoms with Crippen molar-refractivity contribution in [3.63, 3.8) is 0 Å². The lowest BCUT2D eigenvalue weighted by Crippen LogP contribution is -2.06. The van der Waals surface area contributed by atoms with Gasteiger partial charge >= 0.3 is 11.9 Å². The van der Waals surface area contributed by atoms with Crippen molar-refractivity contribution in [1.82, 2.24) is 0 Å². The molecular weight excluding hydrogens is 304 g/mol. The molecule has 0 aromatic carbocycles. The van der Waals surface area contributed by atoms with Crippen molar-refractivity contribution < 1.29 is 19.8 Å². The van der Waals surface area contributed by atoms with Gasteiger partial charge in [-0.3, -0.25) is 0 Å². The van der Waals surface area contributed by atoms with Crippen LogP contribution in [0.1, 0.15) is 85.0 Å². The summed E-state index contributed by atoms with van der Waals surface area (Å²) in [6.07, 6.45) is 10.3. The van der Waals surface area contributed by atoms with Crippen molar-refractivity contribution in [2.24, 2.45) is 5.92 Å². The van der Waals surface area contributed by atoms with E-state index >= 15 is 0 Å². The molecule has 1 atom stereocenters. The molecule has 0 saturated carbocycles. The Labute approximate surface area is 147 Å². The van der Waals surface area contributed by atoms with Crippen LogP contribution in [-0.4, -0.2) is 22.2 Å². The minimum absolute atomic E-state index is 0.334. The van der Waals surface area contributed by atoms with E-state index in [0.717, 1.165) is 25.7 Å². The largest absolute Gasteiger partial charge is 0.478 e. The zero-order valence-electron chi connectivity index (χ0n) is 15.8. The van der Waals surface area contributed by atoms with Crippen LogP contribution in [0.2, 0.25) is 0 Å². The highest BCUT2D eigenvalue weighted by Gasteiger charge is 2.11. The second-order valence-electron chi connectivity index (χ2n) is 6.25. The summed E-state index contributed by atoms with van der Waals surface area (Å²) in [5.74, 6) is -1.21. The minimum Gasteiger partial charge on any atom is -0.478 e. The van der Waals surface area contributed by atoms with Gasteiger partial charge in [-0.05, 0) is 25.2 Å². The highest BCUT2D eigenvalue weighted by Crippen LogP contribution is 2.20. The van der Waals surface area contributed by atoms with Crippen LogP contribution in [0, 0.1) is 5.92 Å². The molecule has 0 spiro atoms. The van der Waals surface area contributed by atoms with Gasteiger partial charge in [0.05, 0.1) is 0 Å². The molecule has 0 aromatic rings. The first kappa shape index (κ1) is 24.7. The first-order valence-corrected chi connectivity index (χ1v) is 9.12. The van der Waals surface area contributed by atoms with Crippen LogP contribution in [0.4, 0.5) is 0 Å². The molecule has 0 amide bonds. The molecule has 0 saturated heterocycles.